The Morgan fingerprint density at radius 1 is 1.06 bits per heavy atom. The number of rotatable bonds is 4. The Bertz CT molecular complexity index is 1440. The summed E-state index contributed by atoms with van der Waals surface area (Å²) in [7, 11) is 2.96. The summed E-state index contributed by atoms with van der Waals surface area (Å²) in [6.45, 7) is 8.22. The monoisotopic (exact) mass is 476 g/mol. The molecule has 0 amide bonds. The van der Waals surface area contributed by atoms with Crippen LogP contribution < -0.4 is 19.6 Å². The summed E-state index contributed by atoms with van der Waals surface area (Å²) in [5.74, 6) is 0.256. The third-order valence-corrected chi connectivity index (χ3v) is 6.92. The highest BCUT2D eigenvalue weighted by Gasteiger charge is 2.33. The summed E-state index contributed by atoms with van der Waals surface area (Å²) < 4.78 is 12.4. The van der Waals surface area contributed by atoms with Gasteiger partial charge in [-0.15, -0.1) is 0 Å². The Balaban J connectivity index is 1.91. The van der Waals surface area contributed by atoms with E-state index in [-0.39, 0.29) is 11.0 Å². The molecule has 0 N–H and O–H groups in total. The fourth-order valence-corrected chi connectivity index (χ4v) is 5.07. The van der Waals surface area contributed by atoms with Gasteiger partial charge in [0.1, 0.15) is 5.75 Å². The fourth-order valence-electron chi connectivity index (χ4n) is 4.02. The Kier molecular flexibility index (Phi) is 6.32. The van der Waals surface area contributed by atoms with Crippen molar-refractivity contribution in [3.8, 4) is 5.75 Å². The van der Waals surface area contributed by atoms with Gasteiger partial charge >= 0.3 is 5.97 Å². The standard InChI is InChI=1S/C27H28N2O4S/c1-16-22(25(31)33-6)23(18-9-11-19(12-10-18)27(2,3)4)29-24(30)21(34-26(29)28-16)15-17-7-13-20(32-5)14-8-17/h7-15,23H,1-6H3/b21-15+/t23-/m1/s1. The van der Waals surface area contributed by atoms with Gasteiger partial charge in [0, 0.05) is 0 Å². The summed E-state index contributed by atoms with van der Waals surface area (Å²) in [5, 5.41) is 0. The highest BCUT2D eigenvalue weighted by Crippen LogP contribution is 2.32. The summed E-state index contributed by atoms with van der Waals surface area (Å²) in [6, 6.07) is 14.9. The predicted molar refractivity (Wildman–Crippen MR) is 134 cm³/mol. The van der Waals surface area contributed by atoms with E-state index < -0.39 is 12.0 Å². The van der Waals surface area contributed by atoms with Crippen molar-refractivity contribution in [2.45, 2.75) is 39.2 Å². The lowest BCUT2D eigenvalue weighted by molar-refractivity contribution is -0.136. The van der Waals surface area contributed by atoms with Crippen LogP contribution in [0.15, 0.2) is 69.6 Å². The Morgan fingerprint density at radius 3 is 2.26 bits per heavy atom. The van der Waals surface area contributed by atoms with Crippen LogP contribution in [0.5, 0.6) is 5.75 Å². The normalized spacial score (nSPS) is 16.2. The minimum absolute atomic E-state index is 0.0117. The van der Waals surface area contributed by atoms with Gasteiger partial charge in [-0.05, 0) is 47.2 Å². The summed E-state index contributed by atoms with van der Waals surface area (Å²) in [6.07, 6.45) is 1.83. The zero-order valence-corrected chi connectivity index (χ0v) is 21.0. The number of carbonyl (C=O) groups excluding carboxylic acids is 1. The third-order valence-electron chi connectivity index (χ3n) is 5.93. The zero-order valence-electron chi connectivity index (χ0n) is 20.2. The molecule has 4 rings (SSSR count). The van der Waals surface area contributed by atoms with E-state index >= 15 is 0 Å². The number of hydrogen-bond donors (Lipinski definition) is 0. The van der Waals surface area contributed by atoms with E-state index in [0.717, 1.165) is 16.9 Å². The highest BCUT2D eigenvalue weighted by molar-refractivity contribution is 7.07. The quantitative estimate of drug-likeness (QED) is 0.539. The minimum Gasteiger partial charge on any atom is -0.497 e. The van der Waals surface area contributed by atoms with Crippen molar-refractivity contribution in [2.75, 3.05) is 14.2 Å². The molecule has 1 aliphatic rings. The number of fused-ring (bicyclic) bond motifs is 1. The van der Waals surface area contributed by atoms with Crippen LogP contribution in [0.3, 0.4) is 0 Å². The van der Waals surface area contributed by atoms with Crippen molar-refractivity contribution in [1.29, 1.82) is 0 Å². The van der Waals surface area contributed by atoms with Crippen molar-refractivity contribution in [3.05, 3.63) is 96.2 Å². The van der Waals surface area contributed by atoms with E-state index in [1.165, 1.54) is 24.0 Å². The number of nitrogens with zero attached hydrogens (tertiary/aromatic N) is 2. The van der Waals surface area contributed by atoms with Crippen LogP contribution in [0, 0.1) is 0 Å². The van der Waals surface area contributed by atoms with Gasteiger partial charge in [0.2, 0.25) is 0 Å². The van der Waals surface area contributed by atoms with Crippen molar-refractivity contribution < 1.29 is 14.3 Å². The maximum Gasteiger partial charge on any atom is 0.338 e. The predicted octanol–water partition coefficient (Wildman–Crippen LogP) is 3.71. The molecular formula is C27H28N2O4S. The molecule has 176 valence electrons. The Morgan fingerprint density at radius 2 is 1.71 bits per heavy atom. The van der Waals surface area contributed by atoms with Crippen LogP contribution in [0.2, 0.25) is 0 Å². The molecule has 1 aromatic heterocycles. The molecule has 0 radical (unpaired) electrons. The molecule has 1 atom stereocenters. The van der Waals surface area contributed by atoms with Gasteiger partial charge in [-0.1, -0.05) is 68.5 Å². The first-order valence-electron chi connectivity index (χ1n) is 11.0. The number of hydrogen-bond acceptors (Lipinski definition) is 6. The van der Waals surface area contributed by atoms with E-state index in [2.05, 4.69) is 25.8 Å². The van der Waals surface area contributed by atoms with Gasteiger partial charge in [0.05, 0.1) is 36.1 Å². The second kappa shape index (κ2) is 9.06. The van der Waals surface area contributed by atoms with Crippen molar-refractivity contribution in [2.24, 2.45) is 4.99 Å². The molecule has 0 bridgehead atoms. The number of methoxy groups -OCH3 is 2. The highest BCUT2D eigenvalue weighted by atomic mass is 32.1. The van der Waals surface area contributed by atoms with Crippen molar-refractivity contribution >= 4 is 23.4 Å². The van der Waals surface area contributed by atoms with E-state index in [0.29, 0.717) is 20.6 Å². The molecular weight excluding hydrogens is 448 g/mol. The first-order valence-corrected chi connectivity index (χ1v) is 11.8. The third kappa shape index (κ3) is 4.35. The Hall–Kier alpha value is -3.45. The molecule has 7 heteroatoms. The lowest BCUT2D eigenvalue weighted by Crippen LogP contribution is -2.39. The molecule has 6 nitrogen and oxygen atoms in total. The zero-order chi connectivity index (χ0) is 24.6. The number of esters is 1. The molecule has 3 aromatic rings. The molecule has 0 saturated heterocycles. The number of aromatic nitrogens is 1. The molecule has 0 unspecified atom stereocenters. The second-order valence-corrected chi connectivity index (χ2v) is 10.2. The van der Waals surface area contributed by atoms with Crippen LogP contribution in [0.25, 0.3) is 6.08 Å². The Labute approximate surface area is 202 Å². The smallest absolute Gasteiger partial charge is 0.338 e. The first-order chi connectivity index (χ1) is 16.1. The topological polar surface area (TPSA) is 69.9 Å². The lowest BCUT2D eigenvalue weighted by Gasteiger charge is -2.25. The van der Waals surface area contributed by atoms with Crippen molar-refractivity contribution in [1.82, 2.24) is 4.57 Å². The fraction of sp³-hybridized carbons (Fsp3) is 0.296. The van der Waals surface area contributed by atoms with Crippen LogP contribution in [0.4, 0.5) is 0 Å². The van der Waals surface area contributed by atoms with Gasteiger partial charge in [-0.25, -0.2) is 9.79 Å². The molecule has 34 heavy (non-hydrogen) atoms. The van der Waals surface area contributed by atoms with Crippen LogP contribution in [-0.2, 0) is 14.9 Å². The molecule has 0 saturated carbocycles. The molecule has 0 spiro atoms. The van der Waals surface area contributed by atoms with Crippen LogP contribution in [-0.4, -0.2) is 24.8 Å². The van der Waals surface area contributed by atoms with Crippen LogP contribution >= 0.6 is 11.3 Å². The second-order valence-electron chi connectivity index (χ2n) is 9.22. The number of benzene rings is 2. The van der Waals surface area contributed by atoms with E-state index in [9.17, 15) is 9.59 Å². The van der Waals surface area contributed by atoms with E-state index in [1.54, 1.807) is 18.6 Å². The van der Waals surface area contributed by atoms with Crippen LogP contribution in [0.1, 0.15) is 50.4 Å². The largest absolute Gasteiger partial charge is 0.497 e. The van der Waals surface area contributed by atoms with Gasteiger partial charge in [0.15, 0.2) is 4.80 Å². The minimum atomic E-state index is -0.615. The van der Waals surface area contributed by atoms with E-state index in [4.69, 9.17) is 9.47 Å². The molecule has 2 aromatic carbocycles. The van der Waals surface area contributed by atoms with Gasteiger partial charge in [-0.2, -0.15) is 0 Å². The van der Waals surface area contributed by atoms with Gasteiger partial charge in [0.25, 0.3) is 5.56 Å². The summed E-state index contributed by atoms with van der Waals surface area (Å²) in [5.41, 5.74) is 3.59. The summed E-state index contributed by atoms with van der Waals surface area (Å²) >= 11 is 1.31. The maximum absolute atomic E-state index is 13.6. The molecule has 0 fully saturated rings. The number of thiazole rings is 1. The number of allylic oxidation sites excluding steroid dienone is 1. The molecule has 0 aliphatic carbocycles. The summed E-state index contributed by atoms with van der Waals surface area (Å²) in [4.78, 5) is 31.5. The number of carbonyl (C=O) groups is 1. The SMILES string of the molecule is COC(=O)C1=C(C)N=c2s/c(=C/c3ccc(OC)cc3)c(=O)n2[C@@H]1c1ccc(C(C)(C)C)cc1. The lowest BCUT2D eigenvalue weighted by atomic mass is 9.85. The first kappa shape index (κ1) is 23.7. The van der Waals surface area contributed by atoms with Crippen molar-refractivity contribution in [3.63, 3.8) is 0 Å². The molecule has 1 aliphatic heterocycles. The molecule has 2 heterocycles. The van der Waals surface area contributed by atoms with Gasteiger partial charge < -0.3 is 9.47 Å². The van der Waals surface area contributed by atoms with E-state index in [1.807, 2.05) is 54.6 Å². The van der Waals surface area contributed by atoms with Gasteiger partial charge in [-0.3, -0.25) is 9.36 Å². The average molecular weight is 477 g/mol. The maximum atomic E-state index is 13.6. The average Bonchev–Trinajstić information content (AvgIpc) is 3.12. The number of ether oxygens (including phenoxy) is 2.